The molecule has 9 heteroatoms. The van der Waals surface area contributed by atoms with Gasteiger partial charge < -0.3 is 20.1 Å². The molecule has 4 aromatic rings. The second-order valence-electron chi connectivity index (χ2n) is 7.74. The molecule has 3 heterocycles. The Kier molecular flexibility index (Phi) is 4.93. The van der Waals surface area contributed by atoms with Crippen LogP contribution in [0.5, 0.6) is 17.4 Å². The topological polar surface area (TPSA) is 112 Å². The van der Waals surface area contributed by atoms with Crippen molar-refractivity contribution >= 4 is 28.4 Å². The van der Waals surface area contributed by atoms with Crippen molar-refractivity contribution < 1.29 is 9.47 Å². The van der Waals surface area contributed by atoms with Gasteiger partial charge in [-0.3, -0.25) is 4.98 Å². The number of rotatable bonds is 6. The van der Waals surface area contributed by atoms with E-state index in [1.165, 1.54) is 6.33 Å². The minimum Gasteiger partial charge on any atom is -0.496 e. The lowest BCUT2D eigenvalue weighted by Crippen LogP contribution is -2.22. The number of anilines is 3. The largest absolute Gasteiger partial charge is 0.496 e. The Morgan fingerprint density at radius 2 is 1.91 bits per heavy atom. The predicted molar refractivity (Wildman–Crippen MR) is 121 cm³/mol. The van der Waals surface area contributed by atoms with Crippen molar-refractivity contribution in [2.75, 3.05) is 17.7 Å². The first-order valence-electron chi connectivity index (χ1n) is 10.4. The number of ether oxygens (including phenoxy) is 2. The van der Waals surface area contributed by atoms with Gasteiger partial charge >= 0.3 is 0 Å². The Morgan fingerprint density at radius 1 is 1.06 bits per heavy atom. The maximum absolute atomic E-state index is 6.39. The van der Waals surface area contributed by atoms with Crippen LogP contribution < -0.4 is 20.1 Å². The zero-order valence-corrected chi connectivity index (χ0v) is 18.1. The van der Waals surface area contributed by atoms with Gasteiger partial charge in [-0.05, 0) is 38.3 Å². The van der Waals surface area contributed by atoms with Crippen molar-refractivity contribution in [3.63, 3.8) is 0 Å². The molecule has 0 aliphatic heterocycles. The van der Waals surface area contributed by atoms with E-state index in [1.807, 2.05) is 32.0 Å². The number of methoxy groups -OCH3 is 1. The monoisotopic (exact) mass is 429 g/mol. The van der Waals surface area contributed by atoms with Crippen molar-refractivity contribution in [3.8, 4) is 17.4 Å². The van der Waals surface area contributed by atoms with E-state index >= 15 is 0 Å². The summed E-state index contributed by atoms with van der Waals surface area (Å²) in [7, 11) is 1.63. The van der Waals surface area contributed by atoms with Gasteiger partial charge in [0, 0.05) is 30.1 Å². The van der Waals surface area contributed by atoms with E-state index in [0.717, 1.165) is 35.5 Å². The highest BCUT2D eigenvalue weighted by Crippen LogP contribution is 2.41. The Balaban J connectivity index is 1.69. The fourth-order valence-electron chi connectivity index (χ4n) is 3.78. The van der Waals surface area contributed by atoms with Crippen LogP contribution >= 0.6 is 0 Å². The Bertz CT molecular complexity index is 1290. The van der Waals surface area contributed by atoms with Crippen molar-refractivity contribution in [2.24, 2.45) is 0 Å². The molecule has 1 aliphatic rings. The summed E-state index contributed by atoms with van der Waals surface area (Å²) in [5.41, 5.74) is 8.69. The van der Waals surface area contributed by atoms with Gasteiger partial charge in [-0.25, -0.2) is 15.0 Å². The first-order chi connectivity index (χ1) is 15.6. The second-order valence-corrected chi connectivity index (χ2v) is 7.74. The SMILES string of the molecule is COc1ccc(C)c(Oc2nc(N(c3cnccn3)C3CC3)cc3ncnc(N)c23)c1C. The summed E-state index contributed by atoms with van der Waals surface area (Å²) in [5, 5.41) is 0.563. The normalized spacial score (nSPS) is 13.2. The molecular weight excluding hydrogens is 406 g/mol. The van der Waals surface area contributed by atoms with Crippen LogP contribution in [0.4, 0.5) is 17.5 Å². The van der Waals surface area contributed by atoms with Crippen LogP contribution in [0.2, 0.25) is 0 Å². The van der Waals surface area contributed by atoms with Gasteiger partial charge in [0.2, 0.25) is 5.88 Å². The third kappa shape index (κ3) is 3.51. The summed E-state index contributed by atoms with van der Waals surface area (Å²) in [5.74, 6) is 3.44. The molecule has 1 aliphatic carbocycles. The molecule has 0 amide bonds. The third-order valence-electron chi connectivity index (χ3n) is 5.53. The van der Waals surface area contributed by atoms with E-state index in [-0.39, 0.29) is 0 Å². The fourth-order valence-corrected chi connectivity index (χ4v) is 3.78. The molecule has 0 atom stereocenters. The molecule has 162 valence electrons. The van der Waals surface area contributed by atoms with Gasteiger partial charge in [0.15, 0.2) is 5.82 Å². The number of nitrogens with zero attached hydrogens (tertiary/aromatic N) is 6. The molecule has 32 heavy (non-hydrogen) atoms. The predicted octanol–water partition coefficient (Wildman–Crippen LogP) is 4.12. The zero-order valence-electron chi connectivity index (χ0n) is 18.1. The summed E-state index contributed by atoms with van der Waals surface area (Å²) in [6.07, 6.45) is 8.59. The van der Waals surface area contributed by atoms with Crippen molar-refractivity contribution in [1.29, 1.82) is 0 Å². The highest BCUT2D eigenvalue weighted by Gasteiger charge is 2.33. The van der Waals surface area contributed by atoms with E-state index < -0.39 is 0 Å². The molecule has 2 N–H and O–H groups in total. The highest BCUT2D eigenvalue weighted by molar-refractivity contribution is 5.94. The summed E-state index contributed by atoms with van der Waals surface area (Å²) >= 11 is 0. The van der Waals surface area contributed by atoms with E-state index in [1.54, 1.807) is 25.7 Å². The van der Waals surface area contributed by atoms with Crippen LogP contribution in [-0.4, -0.2) is 38.1 Å². The smallest absolute Gasteiger partial charge is 0.234 e. The first kappa shape index (κ1) is 19.9. The zero-order chi connectivity index (χ0) is 22.2. The molecule has 0 spiro atoms. The van der Waals surface area contributed by atoms with Gasteiger partial charge in [0.1, 0.15) is 34.8 Å². The molecule has 0 bridgehead atoms. The average molecular weight is 429 g/mol. The molecule has 9 nitrogen and oxygen atoms in total. The lowest BCUT2D eigenvalue weighted by molar-refractivity contribution is 0.402. The van der Waals surface area contributed by atoms with E-state index in [2.05, 4.69) is 24.8 Å². The fraction of sp³-hybridized carbons (Fsp3) is 0.261. The van der Waals surface area contributed by atoms with E-state index in [9.17, 15) is 0 Å². The average Bonchev–Trinajstić information content (AvgIpc) is 3.63. The van der Waals surface area contributed by atoms with Crippen LogP contribution in [-0.2, 0) is 0 Å². The van der Waals surface area contributed by atoms with Crippen molar-refractivity contribution in [2.45, 2.75) is 32.7 Å². The molecule has 5 rings (SSSR count). The van der Waals surface area contributed by atoms with Crippen LogP contribution in [0.25, 0.3) is 10.9 Å². The third-order valence-corrected chi connectivity index (χ3v) is 5.53. The maximum Gasteiger partial charge on any atom is 0.234 e. The summed E-state index contributed by atoms with van der Waals surface area (Å²) < 4.78 is 11.9. The number of hydrogen-bond acceptors (Lipinski definition) is 9. The number of fused-ring (bicyclic) bond motifs is 1. The Morgan fingerprint density at radius 3 is 2.62 bits per heavy atom. The number of nitrogen functional groups attached to an aromatic ring is 1. The number of hydrogen-bond donors (Lipinski definition) is 1. The number of nitrogens with two attached hydrogens (primary N) is 1. The number of benzene rings is 1. The van der Waals surface area contributed by atoms with Gasteiger partial charge in [-0.2, -0.15) is 4.98 Å². The molecule has 1 fully saturated rings. The van der Waals surface area contributed by atoms with Crippen LogP contribution in [0.3, 0.4) is 0 Å². The van der Waals surface area contributed by atoms with E-state index in [4.69, 9.17) is 20.2 Å². The molecule has 0 saturated heterocycles. The van der Waals surface area contributed by atoms with Gasteiger partial charge in [-0.15, -0.1) is 0 Å². The molecule has 1 aromatic carbocycles. The Labute approximate surface area is 185 Å². The number of aromatic nitrogens is 5. The first-order valence-corrected chi connectivity index (χ1v) is 10.4. The molecular formula is C23H23N7O2. The number of pyridine rings is 1. The second kappa shape index (κ2) is 7.92. The molecule has 0 radical (unpaired) electrons. The van der Waals surface area contributed by atoms with Gasteiger partial charge in [-0.1, -0.05) is 6.07 Å². The minimum atomic E-state index is 0.295. The van der Waals surface area contributed by atoms with Gasteiger partial charge in [0.05, 0.1) is 18.8 Å². The quantitative estimate of drug-likeness (QED) is 0.484. The molecule has 1 saturated carbocycles. The molecule has 0 unspecified atom stereocenters. The highest BCUT2D eigenvalue weighted by atomic mass is 16.5. The maximum atomic E-state index is 6.39. The van der Waals surface area contributed by atoms with Crippen LogP contribution in [0.15, 0.2) is 43.1 Å². The summed E-state index contributed by atoms with van der Waals surface area (Å²) in [6.45, 7) is 3.92. The van der Waals surface area contributed by atoms with E-state index in [0.29, 0.717) is 40.2 Å². The standard InChI is InChI=1S/C23H23N7O2/c1-13-4-7-17(31-3)14(2)21(13)32-23-20-16(27-12-28-22(20)24)10-18(29-23)30(15-5-6-15)19-11-25-8-9-26-19/h4,7-12,15H,5-6H2,1-3H3,(H2,24,27,28). The summed E-state index contributed by atoms with van der Waals surface area (Å²) in [4.78, 5) is 24.3. The minimum absolute atomic E-state index is 0.295. The van der Waals surface area contributed by atoms with Crippen molar-refractivity contribution in [3.05, 3.63) is 54.2 Å². The van der Waals surface area contributed by atoms with Crippen LogP contribution in [0.1, 0.15) is 24.0 Å². The van der Waals surface area contributed by atoms with Gasteiger partial charge in [0.25, 0.3) is 0 Å². The summed E-state index contributed by atoms with van der Waals surface area (Å²) in [6, 6.07) is 6.05. The lowest BCUT2D eigenvalue weighted by atomic mass is 10.1. The van der Waals surface area contributed by atoms with Crippen molar-refractivity contribution in [1.82, 2.24) is 24.9 Å². The number of aryl methyl sites for hydroxylation is 1. The Hall–Kier alpha value is -4.01. The lowest BCUT2D eigenvalue weighted by Gasteiger charge is -2.23. The molecule has 3 aromatic heterocycles. The van der Waals surface area contributed by atoms with Crippen LogP contribution in [0, 0.1) is 13.8 Å².